The van der Waals surface area contributed by atoms with Crippen LogP contribution >= 0.6 is 11.3 Å². The van der Waals surface area contributed by atoms with Crippen molar-refractivity contribution in [3.63, 3.8) is 0 Å². The van der Waals surface area contributed by atoms with Gasteiger partial charge in [-0.2, -0.15) is 0 Å². The van der Waals surface area contributed by atoms with E-state index in [1.165, 1.54) is 31.2 Å². The lowest BCUT2D eigenvalue weighted by Crippen LogP contribution is -2.16. The molecule has 0 saturated carbocycles. The van der Waals surface area contributed by atoms with E-state index in [0.717, 1.165) is 20.5 Å². The molecule has 0 aliphatic heterocycles. The molecule has 0 bridgehead atoms. The molecule has 1 N–H and O–H groups in total. The number of methoxy groups -OCH3 is 2. The average Bonchev–Trinajstić information content (AvgIpc) is 2.98. The van der Waals surface area contributed by atoms with Gasteiger partial charge in [0.15, 0.2) is 14.0 Å². The molecule has 2 rings (SSSR count). The summed E-state index contributed by atoms with van der Waals surface area (Å²) in [5.41, 5.74) is -0.0708. The molecule has 1 aromatic heterocycles. The van der Waals surface area contributed by atoms with Crippen molar-refractivity contribution < 1.29 is 35.9 Å². The third-order valence-electron chi connectivity index (χ3n) is 3.65. The Bertz CT molecular complexity index is 1130. The number of sulfone groups is 1. The highest BCUT2D eigenvalue weighted by Gasteiger charge is 2.32. The van der Waals surface area contributed by atoms with Crippen LogP contribution in [-0.2, 0) is 29.3 Å². The highest BCUT2D eigenvalue weighted by atomic mass is 32.2. The summed E-state index contributed by atoms with van der Waals surface area (Å²) in [6.45, 7) is 1.41. The SMILES string of the molecule is COC(=O)c1sc(S(=O)(=O)Nc2ccc(S(C)(=O)=O)cc2)c(C(=O)OC)c1C. The zero-order chi connectivity index (χ0) is 21.3. The van der Waals surface area contributed by atoms with Crippen LogP contribution in [-0.4, -0.2) is 49.2 Å². The minimum absolute atomic E-state index is 0.0191. The first-order valence-electron chi connectivity index (χ1n) is 7.55. The highest BCUT2D eigenvalue weighted by molar-refractivity contribution is 7.94. The van der Waals surface area contributed by atoms with Gasteiger partial charge in [0.05, 0.1) is 24.7 Å². The molecular formula is C16H17NO8S3. The second-order valence-electron chi connectivity index (χ2n) is 5.60. The number of hydrogen-bond donors (Lipinski definition) is 1. The van der Waals surface area contributed by atoms with E-state index in [0.29, 0.717) is 11.3 Å². The van der Waals surface area contributed by atoms with Crippen molar-refractivity contribution in [2.75, 3.05) is 25.2 Å². The minimum atomic E-state index is -4.28. The van der Waals surface area contributed by atoms with Crippen LogP contribution in [0, 0.1) is 6.92 Å². The number of benzene rings is 1. The van der Waals surface area contributed by atoms with E-state index in [4.69, 9.17) is 0 Å². The van der Waals surface area contributed by atoms with Gasteiger partial charge < -0.3 is 9.47 Å². The van der Waals surface area contributed by atoms with Crippen LogP contribution in [0.3, 0.4) is 0 Å². The summed E-state index contributed by atoms with van der Waals surface area (Å²) in [5.74, 6) is -1.71. The van der Waals surface area contributed by atoms with Crippen molar-refractivity contribution in [2.24, 2.45) is 0 Å². The van der Waals surface area contributed by atoms with Crippen molar-refractivity contribution >= 4 is 48.8 Å². The van der Waals surface area contributed by atoms with Gasteiger partial charge in [-0.05, 0) is 36.8 Å². The van der Waals surface area contributed by atoms with Crippen LogP contribution in [0.25, 0.3) is 0 Å². The van der Waals surface area contributed by atoms with Gasteiger partial charge in [0.1, 0.15) is 4.88 Å². The number of ether oxygens (including phenoxy) is 2. The summed E-state index contributed by atoms with van der Waals surface area (Å²) >= 11 is 0.574. The molecule has 1 aromatic carbocycles. The molecule has 9 nitrogen and oxygen atoms in total. The Labute approximate surface area is 166 Å². The predicted octanol–water partition coefficient (Wildman–Crippen LogP) is 1.83. The molecule has 0 aliphatic rings. The quantitative estimate of drug-likeness (QED) is 0.663. The van der Waals surface area contributed by atoms with Gasteiger partial charge in [-0.3, -0.25) is 4.72 Å². The molecule has 0 fully saturated rings. The first-order chi connectivity index (χ1) is 12.9. The van der Waals surface area contributed by atoms with E-state index in [2.05, 4.69) is 14.2 Å². The van der Waals surface area contributed by atoms with Gasteiger partial charge in [0, 0.05) is 11.9 Å². The van der Waals surface area contributed by atoms with Gasteiger partial charge in [0.2, 0.25) is 0 Å². The van der Waals surface area contributed by atoms with Crippen LogP contribution in [0.2, 0.25) is 0 Å². The molecule has 152 valence electrons. The fraction of sp³-hybridized carbons (Fsp3) is 0.250. The van der Waals surface area contributed by atoms with E-state index in [-0.39, 0.29) is 26.6 Å². The topological polar surface area (TPSA) is 133 Å². The third kappa shape index (κ3) is 4.34. The van der Waals surface area contributed by atoms with E-state index in [1.807, 2.05) is 0 Å². The van der Waals surface area contributed by atoms with E-state index < -0.39 is 36.0 Å². The largest absolute Gasteiger partial charge is 0.465 e. The molecular weight excluding hydrogens is 430 g/mol. The van der Waals surface area contributed by atoms with Crippen molar-refractivity contribution in [1.82, 2.24) is 0 Å². The van der Waals surface area contributed by atoms with E-state index in [9.17, 15) is 26.4 Å². The second-order valence-corrected chi connectivity index (χ2v) is 10.5. The number of anilines is 1. The first-order valence-corrected chi connectivity index (χ1v) is 11.7. The normalized spacial score (nSPS) is 11.7. The molecule has 28 heavy (non-hydrogen) atoms. The van der Waals surface area contributed by atoms with Gasteiger partial charge in [0.25, 0.3) is 10.0 Å². The summed E-state index contributed by atoms with van der Waals surface area (Å²) in [5, 5.41) is 0. The van der Waals surface area contributed by atoms with Crippen LogP contribution in [0.1, 0.15) is 25.6 Å². The van der Waals surface area contributed by atoms with Crippen LogP contribution in [0.4, 0.5) is 5.69 Å². The maximum absolute atomic E-state index is 12.8. The zero-order valence-electron chi connectivity index (χ0n) is 15.3. The summed E-state index contributed by atoms with van der Waals surface area (Å²) < 4.78 is 59.8. The lowest BCUT2D eigenvalue weighted by molar-refractivity contribution is 0.0596. The maximum Gasteiger partial charge on any atom is 0.348 e. The van der Waals surface area contributed by atoms with Crippen molar-refractivity contribution in [3.05, 3.63) is 40.3 Å². The lowest BCUT2D eigenvalue weighted by Gasteiger charge is -2.09. The molecule has 0 saturated heterocycles. The fourth-order valence-corrected chi connectivity index (χ4v) is 5.71. The molecule has 0 radical (unpaired) electrons. The van der Waals surface area contributed by atoms with Gasteiger partial charge >= 0.3 is 11.9 Å². The Hall–Kier alpha value is -2.44. The standard InChI is InChI=1S/C16H17NO8S3/c1-9-12(14(18)24-2)16(26-13(9)15(19)25-3)28(22,23)17-10-5-7-11(8-6-10)27(4,20)21/h5-8,17H,1-4H3. The van der Waals surface area contributed by atoms with Crippen LogP contribution < -0.4 is 4.72 Å². The van der Waals surface area contributed by atoms with Crippen molar-refractivity contribution in [1.29, 1.82) is 0 Å². The monoisotopic (exact) mass is 447 g/mol. The average molecular weight is 448 g/mol. The second kappa shape index (κ2) is 7.89. The Morgan fingerprint density at radius 1 is 0.964 bits per heavy atom. The van der Waals surface area contributed by atoms with Gasteiger partial charge in [-0.25, -0.2) is 26.4 Å². The summed E-state index contributed by atoms with van der Waals surface area (Å²) in [4.78, 5) is 24.0. The summed E-state index contributed by atoms with van der Waals surface area (Å²) in [6.07, 6.45) is 1.03. The molecule has 0 spiro atoms. The molecule has 0 unspecified atom stereocenters. The summed E-state index contributed by atoms with van der Waals surface area (Å²) in [6, 6.07) is 5.03. The predicted molar refractivity (Wildman–Crippen MR) is 102 cm³/mol. The number of carbonyl (C=O) groups excluding carboxylic acids is 2. The number of hydrogen-bond acceptors (Lipinski definition) is 9. The number of carbonyl (C=O) groups is 2. The smallest absolute Gasteiger partial charge is 0.348 e. The lowest BCUT2D eigenvalue weighted by atomic mass is 10.2. The van der Waals surface area contributed by atoms with Crippen molar-refractivity contribution in [3.8, 4) is 0 Å². The number of thiophene rings is 1. The number of nitrogens with one attached hydrogen (secondary N) is 1. The first kappa shape index (κ1) is 21.9. The highest BCUT2D eigenvalue weighted by Crippen LogP contribution is 2.34. The van der Waals surface area contributed by atoms with Gasteiger partial charge in [-0.15, -0.1) is 11.3 Å². The number of sulfonamides is 1. The van der Waals surface area contributed by atoms with Crippen LogP contribution in [0.15, 0.2) is 33.4 Å². The molecule has 2 aromatic rings. The third-order valence-corrected chi connectivity index (χ3v) is 7.95. The van der Waals surface area contributed by atoms with E-state index in [1.54, 1.807) is 0 Å². The Kier molecular flexibility index (Phi) is 6.16. The maximum atomic E-state index is 12.8. The minimum Gasteiger partial charge on any atom is -0.465 e. The van der Waals surface area contributed by atoms with Crippen LogP contribution in [0.5, 0.6) is 0 Å². The number of esters is 2. The fourth-order valence-electron chi connectivity index (χ4n) is 2.27. The van der Waals surface area contributed by atoms with Gasteiger partial charge in [-0.1, -0.05) is 0 Å². The van der Waals surface area contributed by atoms with E-state index >= 15 is 0 Å². The Morgan fingerprint density at radius 2 is 1.50 bits per heavy atom. The molecule has 0 atom stereocenters. The van der Waals surface area contributed by atoms with Crippen molar-refractivity contribution in [2.45, 2.75) is 16.0 Å². The summed E-state index contributed by atoms with van der Waals surface area (Å²) in [7, 11) is -5.50. The molecule has 0 aliphatic carbocycles. The molecule has 0 amide bonds. The Balaban J connectivity index is 2.53. The molecule has 12 heteroatoms. The zero-order valence-corrected chi connectivity index (χ0v) is 17.7. The number of rotatable bonds is 6. The molecule has 1 heterocycles. The Morgan fingerprint density at radius 3 is 1.96 bits per heavy atom.